The molecular weight excluding hydrogens is 332 g/mol. The lowest BCUT2D eigenvalue weighted by Crippen LogP contribution is -2.53. The van der Waals surface area contributed by atoms with Crippen molar-refractivity contribution >= 4 is 29.7 Å². The Morgan fingerprint density at radius 2 is 1.88 bits per heavy atom. The van der Waals surface area contributed by atoms with Crippen molar-refractivity contribution in [2.24, 2.45) is 0 Å². The fourth-order valence-corrected chi connectivity index (χ4v) is 2.26. The number of thioether (sulfide) groups is 1. The van der Waals surface area contributed by atoms with Crippen molar-refractivity contribution in [2.45, 2.75) is 32.0 Å². The van der Waals surface area contributed by atoms with E-state index in [0.29, 0.717) is 5.75 Å². The van der Waals surface area contributed by atoms with E-state index in [4.69, 9.17) is 4.74 Å². The van der Waals surface area contributed by atoms with E-state index >= 15 is 0 Å². The summed E-state index contributed by atoms with van der Waals surface area (Å²) in [5, 5.41) is 15.7. The zero-order valence-electron chi connectivity index (χ0n) is 13.6. The van der Waals surface area contributed by atoms with Crippen LogP contribution < -0.4 is 15.7 Å². The summed E-state index contributed by atoms with van der Waals surface area (Å²) in [5.41, 5.74) is 0.818. The molecule has 0 radical (unpaired) electrons. The number of hydrogen-bond acceptors (Lipinski definition) is 6. The number of alkyl carbamates (subject to hydrolysis) is 1. The van der Waals surface area contributed by atoms with Crippen molar-refractivity contribution in [3.05, 3.63) is 35.9 Å². The number of benzene rings is 1. The summed E-state index contributed by atoms with van der Waals surface area (Å²) in [7, 11) is 0. The molecule has 7 nitrogen and oxygen atoms in total. The Kier molecular flexibility index (Phi) is 8.70. The lowest BCUT2D eigenvalue weighted by atomic mass is 10.2. The molecule has 2 N–H and O–H groups in total. The third kappa shape index (κ3) is 7.36. The molecule has 0 aromatic heterocycles. The van der Waals surface area contributed by atoms with Gasteiger partial charge in [0.25, 0.3) is 0 Å². The fraction of sp³-hybridized carbons (Fsp3) is 0.438. The molecule has 0 heterocycles. The van der Waals surface area contributed by atoms with E-state index in [2.05, 4.69) is 10.6 Å². The maximum atomic E-state index is 12.0. The van der Waals surface area contributed by atoms with Gasteiger partial charge in [0.1, 0.15) is 12.6 Å². The number of amides is 2. The number of hydrogen-bond donors (Lipinski definition) is 2. The monoisotopic (exact) mass is 353 g/mol. The number of carboxylic acids is 1. The normalized spacial score (nSPS) is 12.8. The van der Waals surface area contributed by atoms with Gasteiger partial charge in [-0.1, -0.05) is 30.3 Å². The smallest absolute Gasteiger partial charge is 0.408 e. The van der Waals surface area contributed by atoms with E-state index in [1.165, 1.54) is 18.7 Å². The maximum Gasteiger partial charge on any atom is 0.408 e. The molecule has 8 heteroatoms. The summed E-state index contributed by atoms with van der Waals surface area (Å²) in [5.74, 6) is -1.39. The molecule has 1 aromatic rings. The summed E-state index contributed by atoms with van der Waals surface area (Å²) < 4.78 is 5.00. The molecule has 0 aliphatic heterocycles. The average Bonchev–Trinajstić information content (AvgIpc) is 2.57. The van der Waals surface area contributed by atoms with Crippen LogP contribution in [0.3, 0.4) is 0 Å². The first-order valence-corrected chi connectivity index (χ1v) is 8.80. The lowest BCUT2D eigenvalue weighted by molar-refractivity contribution is -0.308. The van der Waals surface area contributed by atoms with Gasteiger partial charge in [-0.3, -0.25) is 4.79 Å². The van der Waals surface area contributed by atoms with Gasteiger partial charge >= 0.3 is 6.09 Å². The van der Waals surface area contributed by atoms with Crippen LogP contribution in [0.4, 0.5) is 4.79 Å². The molecule has 0 bridgehead atoms. The average molecular weight is 353 g/mol. The van der Waals surface area contributed by atoms with Crippen LogP contribution in [0.25, 0.3) is 0 Å². The van der Waals surface area contributed by atoms with E-state index in [9.17, 15) is 19.5 Å². The van der Waals surface area contributed by atoms with Crippen molar-refractivity contribution in [2.75, 3.05) is 12.0 Å². The van der Waals surface area contributed by atoms with Gasteiger partial charge in [-0.2, -0.15) is 11.8 Å². The maximum absolute atomic E-state index is 12.0. The molecular formula is C16H21N2O5S-. The van der Waals surface area contributed by atoms with Crippen molar-refractivity contribution in [3.63, 3.8) is 0 Å². The van der Waals surface area contributed by atoms with Gasteiger partial charge in [-0.25, -0.2) is 4.79 Å². The minimum atomic E-state index is -1.35. The molecule has 0 saturated carbocycles. The van der Waals surface area contributed by atoms with Gasteiger partial charge in [-0.05, 0) is 30.9 Å². The molecule has 0 aliphatic rings. The first-order chi connectivity index (χ1) is 11.4. The second kappa shape index (κ2) is 10.5. The van der Waals surface area contributed by atoms with Crippen LogP contribution in [-0.4, -0.2) is 42.1 Å². The Morgan fingerprint density at radius 1 is 1.21 bits per heavy atom. The third-order valence-corrected chi connectivity index (χ3v) is 3.80. The van der Waals surface area contributed by atoms with Crippen LogP contribution in [0, 0.1) is 0 Å². The molecule has 1 aromatic carbocycles. The SMILES string of the molecule is CSCC[C@H](NC(=O)[C@H](C)NC(=O)OCc1ccccc1)C(=O)[O-]. The number of carboxylic acid groups (broad SMARTS) is 1. The topological polar surface area (TPSA) is 108 Å². The molecule has 132 valence electrons. The zero-order chi connectivity index (χ0) is 17.9. The number of ether oxygens (including phenoxy) is 1. The molecule has 2 amide bonds. The predicted molar refractivity (Wildman–Crippen MR) is 89.2 cm³/mol. The van der Waals surface area contributed by atoms with Gasteiger partial charge in [-0.15, -0.1) is 0 Å². The predicted octanol–water partition coefficient (Wildman–Crippen LogP) is 0.289. The summed E-state index contributed by atoms with van der Waals surface area (Å²) in [4.78, 5) is 34.6. The summed E-state index contributed by atoms with van der Waals surface area (Å²) in [6.45, 7) is 1.52. The van der Waals surface area contributed by atoms with E-state index in [0.717, 1.165) is 5.56 Å². The highest BCUT2D eigenvalue weighted by Gasteiger charge is 2.20. The summed E-state index contributed by atoms with van der Waals surface area (Å²) in [6.07, 6.45) is 1.33. The highest BCUT2D eigenvalue weighted by molar-refractivity contribution is 7.98. The van der Waals surface area contributed by atoms with Gasteiger partial charge < -0.3 is 25.3 Å². The van der Waals surface area contributed by atoms with Gasteiger partial charge in [0.2, 0.25) is 5.91 Å². The van der Waals surface area contributed by atoms with E-state index < -0.39 is 30.1 Å². The molecule has 0 unspecified atom stereocenters. The van der Waals surface area contributed by atoms with Crippen LogP contribution in [0.2, 0.25) is 0 Å². The first-order valence-electron chi connectivity index (χ1n) is 7.41. The van der Waals surface area contributed by atoms with Crippen LogP contribution in [-0.2, 0) is 20.9 Å². The summed E-state index contributed by atoms with van der Waals surface area (Å²) >= 11 is 1.47. The summed E-state index contributed by atoms with van der Waals surface area (Å²) in [6, 6.07) is 7.08. The number of aliphatic carboxylic acids is 1. The van der Waals surface area contributed by atoms with E-state index in [1.54, 1.807) is 12.1 Å². The van der Waals surface area contributed by atoms with Crippen LogP contribution in [0.1, 0.15) is 18.9 Å². The van der Waals surface area contributed by atoms with Gasteiger partial charge in [0, 0.05) is 0 Å². The molecule has 2 atom stereocenters. The molecule has 24 heavy (non-hydrogen) atoms. The highest BCUT2D eigenvalue weighted by Crippen LogP contribution is 2.02. The highest BCUT2D eigenvalue weighted by atomic mass is 32.2. The second-order valence-corrected chi connectivity index (χ2v) is 6.08. The van der Waals surface area contributed by atoms with Crippen molar-refractivity contribution in [1.29, 1.82) is 0 Å². The van der Waals surface area contributed by atoms with Crippen molar-refractivity contribution in [3.8, 4) is 0 Å². The Bertz CT molecular complexity index is 553. The zero-order valence-corrected chi connectivity index (χ0v) is 14.4. The van der Waals surface area contributed by atoms with E-state index in [1.807, 2.05) is 24.5 Å². The molecule has 1 rings (SSSR count). The lowest BCUT2D eigenvalue weighted by Gasteiger charge is -2.22. The minimum Gasteiger partial charge on any atom is -0.548 e. The van der Waals surface area contributed by atoms with Crippen molar-refractivity contribution in [1.82, 2.24) is 10.6 Å². The number of carbonyl (C=O) groups is 3. The second-order valence-electron chi connectivity index (χ2n) is 5.09. The quantitative estimate of drug-likeness (QED) is 0.661. The van der Waals surface area contributed by atoms with Crippen LogP contribution in [0.5, 0.6) is 0 Å². The van der Waals surface area contributed by atoms with Crippen LogP contribution in [0.15, 0.2) is 30.3 Å². The number of nitrogens with one attached hydrogen (secondary N) is 2. The number of carbonyl (C=O) groups excluding carboxylic acids is 3. The Morgan fingerprint density at radius 3 is 2.46 bits per heavy atom. The third-order valence-electron chi connectivity index (χ3n) is 3.15. The van der Waals surface area contributed by atoms with Crippen LogP contribution >= 0.6 is 11.8 Å². The van der Waals surface area contributed by atoms with Gasteiger partial charge in [0.15, 0.2) is 0 Å². The Balaban J connectivity index is 2.41. The first kappa shape index (κ1) is 19.8. The van der Waals surface area contributed by atoms with Crippen molar-refractivity contribution < 1.29 is 24.2 Å². The number of rotatable bonds is 9. The largest absolute Gasteiger partial charge is 0.548 e. The standard InChI is InChI=1S/C16H22N2O5S/c1-11(14(19)18-13(15(20)21)8-9-24-2)17-16(22)23-10-12-6-4-3-5-7-12/h3-7,11,13H,8-10H2,1-2H3,(H,17,22)(H,18,19)(H,20,21)/p-1/t11-,13-/m0/s1. The molecule has 0 spiro atoms. The van der Waals surface area contributed by atoms with E-state index in [-0.39, 0.29) is 13.0 Å². The fourth-order valence-electron chi connectivity index (χ4n) is 1.79. The Hall–Kier alpha value is -2.22. The van der Waals surface area contributed by atoms with Gasteiger partial charge in [0.05, 0.1) is 12.0 Å². The molecule has 0 fully saturated rings. The molecule has 0 saturated heterocycles. The Labute approximate surface area is 145 Å². The molecule has 0 aliphatic carbocycles. The minimum absolute atomic E-state index is 0.0798.